The van der Waals surface area contributed by atoms with Crippen LogP contribution < -0.4 is 4.74 Å². The summed E-state index contributed by atoms with van der Waals surface area (Å²) in [5, 5.41) is 8.53. The van der Waals surface area contributed by atoms with Gasteiger partial charge in [0.2, 0.25) is 0 Å². The minimum Gasteiger partial charge on any atom is -0.488 e. The van der Waals surface area contributed by atoms with E-state index in [-0.39, 0.29) is 11.3 Å². The van der Waals surface area contributed by atoms with Crippen molar-refractivity contribution in [3.05, 3.63) is 29.3 Å². The van der Waals surface area contributed by atoms with Crippen molar-refractivity contribution in [3.8, 4) is 11.8 Å². The summed E-state index contributed by atoms with van der Waals surface area (Å²) in [6.45, 7) is 2.38. The summed E-state index contributed by atoms with van der Waals surface area (Å²) in [5.74, 6) is -2.03. The van der Waals surface area contributed by atoms with E-state index in [2.05, 4.69) is 6.92 Å². The molecule has 0 amide bonds. The first kappa shape index (κ1) is 13.4. The van der Waals surface area contributed by atoms with Crippen LogP contribution in [0.5, 0.6) is 5.75 Å². The highest BCUT2D eigenvalue weighted by atomic mass is 19.1. The molecule has 0 aromatic heterocycles. The van der Waals surface area contributed by atoms with Gasteiger partial charge in [-0.3, -0.25) is 0 Å². The lowest BCUT2D eigenvalue weighted by Gasteiger charge is -2.08. The standard InChI is InChI=1S/C13H15F2NO/c1-2-3-4-5-6-17-13-11(14)7-10(9-16)8-12(13)15/h7-8H,2-6H2,1H3. The summed E-state index contributed by atoms with van der Waals surface area (Å²) in [6, 6.07) is 3.64. The van der Waals surface area contributed by atoms with Crippen LogP contribution >= 0.6 is 0 Å². The van der Waals surface area contributed by atoms with E-state index < -0.39 is 11.6 Å². The molecule has 1 rings (SSSR count). The number of ether oxygens (including phenoxy) is 1. The fraction of sp³-hybridized carbons (Fsp3) is 0.462. The van der Waals surface area contributed by atoms with Crippen molar-refractivity contribution in [2.45, 2.75) is 32.6 Å². The highest BCUT2D eigenvalue weighted by Gasteiger charge is 2.12. The van der Waals surface area contributed by atoms with Crippen LogP contribution in [0.1, 0.15) is 38.2 Å². The highest BCUT2D eigenvalue weighted by Crippen LogP contribution is 2.23. The molecule has 0 radical (unpaired) electrons. The van der Waals surface area contributed by atoms with Gasteiger partial charge in [0.05, 0.1) is 18.2 Å². The Hall–Kier alpha value is -1.63. The highest BCUT2D eigenvalue weighted by molar-refractivity contribution is 5.37. The zero-order valence-corrected chi connectivity index (χ0v) is 9.80. The van der Waals surface area contributed by atoms with Crippen molar-refractivity contribution in [3.63, 3.8) is 0 Å². The molecule has 0 heterocycles. The van der Waals surface area contributed by atoms with Gasteiger partial charge in [-0.1, -0.05) is 26.2 Å². The average molecular weight is 239 g/mol. The normalized spacial score (nSPS) is 10.0. The van der Waals surface area contributed by atoms with Gasteiger partial charge in [0.15, 0.2) is 17.4 Å². The van der Waals surface area contributed by atoms with Crippen LogP contribution in [-0.2, 0) is 0 Å². The second kappa shape index (κ2) is 6.85. The molecule has 17 heavy (non-hydrogen) atoms. The predicted octanol–water partition coefficient (Wildman–Crippen LogP) is 3.80. The quantitative estimate of drug-likeness (QED) is 0.707. The van der Waals surface area contributed by atoms with Crippen LogP contribution in [0.25, 0.3) is 0 Å². The third-order valence-electron chi connectivity index (χ3n) is 2.37. The van der Waals surface area contributed by atoms with Gasteiger partial charge in [0.1, 0.15) is 0 Å². The van der Waals surface area contributed by atoms with Crippen LogP contribution in [0.4, 0.5) is 8.78 Å². The smallest absolute Gasteiger partial charge is 0.190 e. The molecule has 0 aliphatic rings. The Morgan fingerprint density at radius 2 is 1.82 bits per heavy atom. The van der Waals surface area contributed by atoms with Crippen LogP contribution in [0.3, 0.4) is 0 Å². The first-order valence-corrected chi connectivity index (χ1v) is 5.71. The van der Waals surface area contributed by atoms with Crippen molar-refractivity contribution >= 4 is 0 Å². The molecule has 2 nitrogen and oxygen atoms in total. The molecular weight excluding hydrogens is 224 g/mol. The zero-order valence-electron chi connectivity index (χ0n) is 9.80. The zero-order chi connectivity index (χ0) is 12.7. The van der Waals surface area contributed by atoms with Crippen molar-refractivity contribution in [2.75, 3.05) is 6.61 Å². The van der Waals surface area contributed by atoms with Crippen molar-refractivity contribution < 1.29 is 13.5 Å². The summed E-state index contributed by atoms with van der Waals surface area (Å²) in [7, 11) is 0. The van der Waals surface area contributed by atoms with E-state index in [0.717, 1.165) is 37.8 Å². The Labute approximate surface area is 99.8 Å². The summed E-state index contributed by atoms with van der Waals surface area (Å²) in [5.41, 5.74) is -0.0432. The largest absolute Gasteiger partial charge is 0.488 e. The molecule has 0 fully saturated rings. The maximum absolute atomic E-state index is 13.4. The van der Waals surface area contributed by atoms with Gasteiger partial charge < -0.3 is 4.74 Å². The van der Waals surface area contributed by atoms with E-state index in [4.69, 9.17) is 10.00 Å². The number of hydrogen-bond acceptors (Lipinski definition) is 2. The minimum atomic E-state index is -0.822. The molecule has 0 bridgehead atoms. The lowest BCUT2D eigenvalue weighted by atomic mass is 10.2. The van der Waals surface area contributed by atoms with E-state index in [9.17, 15) is 8.78 Å². The molecule has 92 valence electrons. The SMILES string of the molecule is CCCCCCOc1c(F)cc(C#N)cc1F. The number of nitrogens with zero attached hydrogens (tertiary/aromatic N) is 1. The number of halogens is 2. The Balaban J connectivity index is 2.57. The number of hydrogen-bond donors (Lipinski definition) is 0. The molecule has 0 N–H and O–H groups in total. The Morgan fingerprint density at radius 1 is 1.18 bits per heavy atom. The third-order valence-corrected chi connectivity index (χ3v) is 2.37. The lowest BCUT2D eigenvalue weighted by Crippen LogP contribution is -2.02. The third kappa shape index (κ3) is 4.03. The summed E-state index contributed by atoms with van der Waals surface area (Å²) in [4.78, 5) is 0. The Morgan fingerprint density at radius 3 is 2.35 bits per heavy atom. The molecule has 0 aliphatic carbocycles. The summed E-state index contributed by atoms with van der Waals surface area (Å²) < 4.78 is 31.8. The van der Waals surface area contributed by atoms with Crippen LogP contribution in [0, 0.1) is 23.0 Å². The average Bonchev–Trinajstić information content (AvgIpc) is 2.31. The Bertz CT molecular complexity index is 389. The van der Waals surface area contributed by atoms with Gasteiger partial charge in [0, 0.05) is 0 Å². The maximum Gasteiger partial charge on any atom is 0.190 e. The van der Waals surface area contributed by atoms with Crippen molar-refractivity contribution in [1.29, 1.82) is 5.26 Å². The van der Waals surface area contributed by atoms with Crippen molar-refractivity contribution in [2.24, 2.45) is 0 Å². The van der Waals surface area contributed by atoms with E-state index in [1.54, 1.807) is 6.07 Å². The first-order chi connectivity index (χ1) is 8.19. The van der Waals surface area contributed by atoms with Gasteiger partial charge in [-0.2, -0.15) is 5.26 Å². The molecule has 0 aliphatic heterocycles. The maximum atomic E-state index is 13.4. The molecular formula is C13H15F2NO. The lowest BCUT2D eigenvalue weighted by molar-refractivity contribution is 0.275. The monoisotopic (exact) mass is 239 g/mol. The molecule has 0 saturated heterocycles. The molecule has 1 aromatic rings. The second-order valence-corrected chi connectivity index (χ2v) is 3.79. The summed E-state index contributed by atoms with van der Waals surface area (Å²) >= 11 is 0. The molecule has 4 heteroatoms. The van der Waals surface area contributed by atoms with Crippen LogP contribution in [0.2, 0.25) is 0 Å². The molecule has 1 aromatic carbocycles. The second-order valence-electron chi connectivity index (χ2n) is 3.79. The van der Waals surface area contributed by atoms with Crippen LogP contribution in [-0.4, -0.2) is 6.61 Å². The van der Waals surface area contributed by atoms with E-state index in [1.807, 2.05) is 0 Å². The molecule has 0 atom stereocenters. The van der Waals surface area contributed by atoms with Crippen LogP contribution in [0.15, 0.2) is 12.1 Å². The van der Waals surface area contributed by atoms with Gasteiger partial charge in [-0.25, -0.2) is 8.78 Å². The van der Waals surface area contributed by atoms with Crippen molar-refractivity contribution in [1.82, 2.24) is 0 Å². The molecule has 0 unspecified atom stereocenters. The number of benzene rings is 1. The number of nitriles is 1. The van der Waals surface area contributed by atoms with Gasteiger partial charge in [-0.05, 0) is 18.6 Å². The van der Waals surface area contributed by atoms with E-state index >= 15 is 0 Å². The molecule has 0 spiro atoms. The van der Waals surface area contributed by atoms with E-state index in [1.165, 1.54) is 0 Å². The first-order valence-electron chi connectivity index (χ1n) is 5.71. The topological polar surface area (TPSA) is 33.0 Å². The number of unbranched alkanes of at least 4 members (excludes halogenated alkanes) is 3. The Kier molecular flexibility index (Phi) is 5.41. The fourth-order valence-electron chi connectivity index (χ4n) is 1.47. The minimum absolute atomic E-state index is 0.0432. The fourth-order valence-corrected chi connectivity index (χ4v) is 1.47. The van der Waals surface area contributed by atoms with E-state index in [0.29, 0.717) is 6.61 Å². The van der Waals surface area contributed by atoms with Gasteiger partial charge >= 0.3 is 0 Å². The predicted molar refractivity (Wildman–Crippen MR) is 60.7 cm³/mol. The molecule has 0 saturated carbocycles. The van der Waals surface area contributed by atoms with Gasteiger partial charge in [0.25, 0.3) is 0 Å². The van der Waals surface area contributed by atoms with Gasteiger partial charge in [-0.15, -0.1) is 0 Å². The summed E-state index contributed by atoms with van der Waals surface area (Å²) in [6.07, 6.45) is 3.93. The number of rotatable bonds is 6.